The van der Waals surface area contributed by atoms with Crippen molar-refractivity contribution in [3.63, 3.8) is 0 Å². The molecule has 1 amide bonds. The van der Waals surface area contributed by atoms with E-state index < -0.39 is 6.04 Å². The Morgan fingerprint density at radius 3 is 2.62 bits per heavy atom. The second kappa shape index (κ2) is 7.58. The molecule has 0 fully saturated rings. The molecule has 2 aromatic carbocycles. The van der Waals surface area contributed by atoms with Crippen LogP contribution in [-0.4, -0.2) is 41.6 Å². The molecule has 6 heteroatoms. The monoisotopic (exact) mass is 352 g/mol. The minimum absolute atomic E-state index is 0.113. The van der Waals surface area contributed by atoms with E-state index in [1.54, 1.807) is 7.11 Å². The fraction of sp³-hybridized carbons (Fsp3) is 0.300. The van der Waals surface area contributed by atoms with Crippen LogP contribution in [0.4, 0.5) is 5.69 Å². The lowest BCUT2D eigenvalue weighted by Gasteiger charge is -2.19. The number of hydrogen-bond acceptors (Lipinski definition) is 4. The zero-order chi connectivity index (χ0) is 18.7. The highest BCUT2D eigenvalue weighted by Crippen LogP contribution is 2.26. The molecule has 1 heterocycles. The molecule has 26 heavy (non-hydrogen) atoms. The molecule has 6 nitrogen and oxygen atoms in total. The predicted octanol–water partition coefficient (Wildman–Crippen LogP) is 3.31. The summed E-state index contributed by atoms with van der Waals surface area (Å²) in [6.45, 7) is 2.54. The van der Waals surface area contributed by atoms with Gasteiger partial charge in [0.25, 0.3) is 0 Å². The largest absolute Gasteiger partial charge is 0.495 e. The van der Waals surface area contributed by atoms with Crippen molar-refractivity contribution in [2.24, 2.45) is 0 Å². The van der Waals surface area contributed by atoms with E-state index in [2.05, 4.69) is 5.32 Å². The third kappa shape index (κ3) is 3.55. The van der Waals surface area contributed by atoms with Gasteiger partial charge in [-0.25, -0.2) is 4.98 Å². The highest BCUT2D eigenvalue weighted by Gasteiger charge is 2.22. The Bertz CT molecular complexity index is 917. The van der Waals surface area contributed by atoms with Gasteiger partial charge >= 0.3 is 0 Å². The molecule has 1 N–H and O–H groups in total. The number of ether oxygens (including phenoxy) is 1. The van der Waals surface area contributed by atoms with Gasteiger partial charge in [-0.05, 0) is 45.3 Å². The predicted molar refractivity (Wildman–Crippen MR) is 103 cm³/mol. The molecule has 0 spiro atoms. The number of amides is 1. The molecule has 0 aliphatic carbocycles. The quantitative estimate of drug-likeness (QED) is 0.739. The molecular weight excluding hydrogens is 328 g/mol. The van der Waals surface area contributed by atoms with Crippen LogP contribution in [0.5, 0.6) is 5.75 Å². The molecule has 1 atom stereocenters. The summed E-state index contributed by atoms with van der Waals surface area (Å²) >= 11 is 0. The molecule has 1 aromatic heterocycles. The number of hydrogen-bond donors (Lipinski definition) is 1. The second-order valence-electron chi connectivity index (χ2n) is 6.49. The Balaban J connectivity index is 1.95. The third-order valence-electron chi connectivity index (χ3n) is 4.26. The fourth-order valence-electron chi connectivity index (χ4n) is 3.02. The van der Waals surface area contributed by atoms with Gasteiger partial charge in [0, 0.05) is 0 Å². The average Bonchev–Trinajstić information content (AvgIpc) is 2.98. The zero-order valence-corrected chi connectivity index (χ0v) is 15.6. The third-order valence-corrected chi connectivity index (χ3v) is 4.26. The van der Waals surface area contributed by atoms with Crippen molar-refractivity contribution in [2.75, 3.05) is 26.5 Å². The zero-order valence-electron chi connectivity index (χ0n) is 15.6. The number of carbonyl (C=O) groups is 1. The molecule has 136 valence electrons. The fourth-order valence-corrected chi connectivity index (χ4v) is 3.02. The maximum atomic E-state index is 12.9. The number of rotatable bonds is 6. The number of nitrogens with zero attached hydrogens (tertiary/aromatic N) is 3. The van der Waals surface area contributed by atoms with Crippen molar-refractivity contribution in [1.82, 2.24) is 14.5 Å². The summed E-state index contributed by atoms with van der Waals surface area (Å²) in [6, 6.07) is 14.9. The summed E-state index contributed by atoms with van der Waals surface area (Å²) in [4.78, 5) is 19.7. The molecule has 0 aliphatic rings. The van der Waals surface area contributed by atoms with E-state index in [9.17, 15) is 4.79 Å². The lowest BCUT2D eigenvalue weighted by Crippen LogP contribution is -2.26. The molecule has 1 unspecified atom stereocenters. The van der Waals surface area contributed by atoms with Gasteiger partial charge in [0.15, 0.2) is 0 Å². The van der Waals surface area contributed by atoms with Gasteiger partial charge in [-0.1, -0.05) is 24.3 Å². The van der Waals surface area contributed by atoms with Gasteiger partial charge in [0.1, 0.15) is 17.6 Å². The molecular formula is C20H24N4O2. The van der Waals surface area contributed by atoms with Crippen molar-refractivity contribution in [3.05, 3.63) is 54.4 Å². The van der Waals surface area contributed by atoms with Crippen molar-refractivity contribution < 1.29 is 9.53 Å². The Morgan fingerprint density at radius 2 is 1.88 bits per heavy atom. The summed E-state index contributed by atoms with van der Waals surface area (Å²) in [6.07, 6.45) is 0. The number of aromatic nitrogens is 2. The summed E-state index contributed by atoms with van der Waals surface area (Å²) in [5, 5.41) is 2.97. The van der Waals surface area contributed by atoms with Gasteiger partial charge in [-0.15, -0.1) is 0 Å². The van der Waals surface area contributed by atoms with Crippen molar-refractivity contribution >= 4 is 22.6 Å². The SMILES string of the molecule is COc1ccccc1NC(=O)C(C)n1c(CN(C)C)nc2ccccc21. The van der Waals surface area contributed by atoms with Gasteiger partial charge in [0.05, 0.1) is 30.4 Å². The van der Waals surface area contributed by atoms with Crippen LogP contribution >= 0.6 is 0 Å². The molecule has 0 radical (unpaired) electrons. The maximum absolute atomic E-state index is 12.9. The minimum Gasteiger partial charge on any atom is -0.495 e. The Labute approximate surface area is 153 Å². The van der Waals surface area contributed by atoms with Crippen LogP contribution in [-0.2, 0) is 11.3 Å². The van der Waals surface area contributed by atoms with Crippen LogP contribution in [0, 0.1) is 0 Å². The molecule has 0 saturated heterocycles. The number of carbonyl (C=O) groups excluding carboxylic acids is 1. The van der Waals surface area contributed by atoms with Crippen LogP contribution in [0.3, 0.4) is 0 Å². The summed E-state index contributed by atoms with van der Waals surface area (Å²) < 4.78 is 7.32. The van der Waals surface area contributed by atoms with E-state index in [0.29, 0.717) is 18.0 Å². The van der Waals surface area contributed by atoms with Gasteiger partial charge in [-0.3, -0.25) is 4.79 Å². The normalized spacial score (nSPS) is 12.3. The van der Waals surface area contributed by atoms with Gasteiger partial charge < -0.3 is 19.5 Å². The van der Waals surface area contributed by atoms with Crippen LogP contribution < -0.4 is 10.1 Å². The van der Waals surface area contributed by atoms with Gasteiger partial charge in [-0.2, -0.15) is 0 Å². The van der Waals surface area contributed by atoms with E-state index >= 15 is 0 Å². The number of methoxy groups -OCH3 is 1. The first-order valence-corrected chi connectivity index (χ1v) is 8.55. The molecule has 0 aliphatic heterocycles. The van der Waals surface area contributed by atoms with Crippen LogP contribution in [0.25, 0.3) is 11.0 Å². The maximum Gasteiger partial charge on any atom is 0.247 e. The van der Waals surface area contributed by atoms with Crippen molar-refractivity contribution in [3.8, 4) is 5.75 Å². The molecule has 3 rings (SSSR count). The highest BCUT2D eigenvalue weighted by molar-refractivity contribution is 5.95. The topological polar surface area (TPSA) is 59.4 Å². The number of fused-ring (bicyclic) bond motifs is 1. The van der Waals surface area contributed by atoms with Crippen LogP contribution in [0.15, 0.2) is 48.5 Å². The lowest BCUT2D eigenvalue weighted by atomic mass is 10.2. The first kappa shape index (κ1) is 17.9. The molecule has 0 saturated carbocycles. The highest BCUT2D eigenvalue weighted by atomic mass is 16.5. The van der Waals surface area contributed by atoms with E-state index in [0.717, 1.165) is 16.9 Å². The minimum atomic E-state index is -0.415. The number of benzene rings is 2. The Hall–Kier alpha value is -2.86. The van der Waals surface area contributed by atoms with Crippen LogP contribution in [0.2, 0.25) is 0 Å². The summed E-state index contributed by atoms with van der Waals surface area (Å²) in [5.41, 5.74) is 2.50. The van der Waals surface area contributed by atoms with E-state index in [-0.39, 0.29) is 5.91 Å². The van der Waals surface area contributed by atoms with E-state index in [1.165, 1.54) is 0 Å². The van der Waals surface area contributed by atoms with E-state index in [1.807, 2.05) is 79.0 Å². The summed E-state index contributed by atoms with van der Waals surface area (Å²) in [7, 11) is 5.57. The van der Waals surface area contributed by atoms with Crippen LogP contribution in [0.1, 0.15) is 18.8 Å². The van der Waals surface area contributed by atoms with Crippen molar-refractivity contribution in [1.29, 1.82) is 0 Å². The average molecular weight is 352 g/mol. The lowest BCUT2D eigenvalue weighted by molar-refractivity contribution is -0.118. The van der Waals surface area contributed by atoms with E-state index in [4.69, 9.17) is 9.72 Å². The Morgan fingerprint density at radius 1 is 1.19 bits per heavy atom. The summed E-state index contributed by atoms with van der Waals surface area (Å²) in [5.74, 6) is 1.38. The number of anilines is 1. The molecule has 3 aromatic rings. The second-order valence-corrected chi connectivity index (χ2v) is 6.49. The smallest absolute Gasteiger partial charge is 0.247 e. The Kier molecular flexibility index (Phi) is 5.23. The van der Waals surface area contributed by atoms with Crippen molar-refractivity contribution in [2.45, 2.75) is 19.5 Å². The van der Waals surface area contributed by atoms with Gasteiger partial charge in [0.2, 0.25) is 5.91 Å². The first-order chi connectivity index (χ1) is 12.5. The number of imidazole rings is 1. The standard InChI is InChI=1S/C20H24N4O2/c1-14(20(25)22-16-10-6-8-12-18(16)26-4)24-17-11-7-5-9-15(17)21-19(24)13-23(2)3/h5-12,14H,13H2,1-4H3,(H,22,25). The number of para-hydroxylation sites is 4. The first-order valence-electron chi connectivity index (χ1n) is 8.55. The molecule has 0 bridgehead atoms. The number of nitrogens with one attached hydrogen (secondary N) is 1.